The number of pyridine rings is 1. The van der Waals surface area contributed by atoms with Crippen molar-refractivity contribution in [2.75, 3.05) is 50.7 Å². The van der Waals surface area contributed by atoms with Crippen LogP contribution in [0.2, 0.25) is 0 Å². The smallest absolute Gasteiger partial charge is 0.264 e. The SMILES string of the molecule is CN(C)c1ncc(-c2ccc(-c3nc4ccc(OCCOCCNc5cccc6c5C(=O)N(C5CCC(=O)NC5=O)C6=O)cc4s3)nc2)cn1. The number of anilines is 2. The number of ether oxygens (including phenoxy) is 2. The zero-order valence-corrected chi connectivity index (χ0v) is 28.0. The Labute approximate surface area is 290 Å². The number of nitrogens with one attached hydrogen (secondary N) is 2. The monoisotopic (exact) mass is 692 g/mol. The molecule has 0 radical (unpaired) electrons. The predicted molar refractivity (Wildman–Crippen MR) is 186 cm³/mol. The molecule has 15 heteroatoms. The molecule has 1 fully saturated rings. The summed E-state index contributed by atoms with van der Waals surface area (Å²) < 4.78 is 12.6. The fourth-order valence-electron chi connectivity index (χ4n) is 5.74. The zero-order chi connectivity index (χ0) is 34.8. The quantitative estimate of drug-likeness (QED) is 0.144. The van der Waals surface area contributed by atoms with Crippen molar-refractivity contribution in [3.63, 3.8) is 0 Å². The van der Waals surface area contributed by atoms with Crippen molar-refractivity contribution in [3.05, 3.63) is 78.2 Å². The number of benzene rings is 2. The molecule has 254 valence electrons. The van der Waals surface area contributed by atoms with E-state index in [1.165, 1.54) is 11.3 Å². The summed E-state index contributed by atoms with van der Waals surface area (Å²) in [5, 5.41) is 6.17. The maximum Gasteiger partial charge on any atom is 0.264 e. The average Bonchev–Trinajstić information content (AvgIpc) is 3.66. The number of carbonyl (C=O) groups excluding carboxylic acids is 4. The fraction of sp³-hybridized carbons (Fsp3) is 0.257. The van der Waals surface area contributed by atoms with Crippen LogP contribution in [-0.2, 0) is 14.3 Å². The van der Waals surface area contributed by atoms with E-state index >= 15 is 0 Å². The zero-order valence-electron chi connectivity index (χ0n) is 27.2. The lowest BCUT2D eigenvalue weighted by Crippen LogP contribution is -2.54. The van der Waals surface area contributed by atoms with Crippen LogP contribution >= 0.6 is 11.3 Å². The third-order valence-corrected chi connectivity index (χ3v) is 9.28. The highest BCUT2D eigenvalue weighted by Gasteiger charge is 2.45. The van der Waals surface area contributed by atoms with Crippen LogP contribution < -0.4 is 20.3 Å². The Morgan fingerprint density at radius 2 is 1.76 bits per heavy atom. The van der Waals surface area contributed by atoms with Crippen molar-refractivity contribution in [1.29, 1.82) is 0 Å². The maximum atomic E-state index is 13.2. The number of hydrogen-bond acceptors (Lipinski definition) is 13. The summed E-state index contributed by atoms with van der Waals surface area (Å²) in [6.07, 6.45) is 5.53. The largest absolute Gasteiger partial charge is 0.491 e. The second kappa shape index (κ2) is 14.0. The summed E-state index contributed by atoms with van der Waals surface area (Å²) in [6.45, 7) is 1.36. The maximum absolute atomic E-state index is 13.2. The van der Waals surface area contributed by atoms with Gasteiger partial charge in [0.05, 0.1) is 40.3 Å². The van der Waals surface area contributed by atoms with Crippen LogP contribution in [0, 0.1) is 0 Å². The van der Waals surface area contributed by atoms with Gasteiger partial charge in [0.2, 0.25) is 17.8 Å². The lowest BCUT2D eigenvalue weighted by atomic mass is 10.0. The van der Waals surface area contributed by atoms with Gasteiger partial charge < -0.3 is 19.7 Å². The summed E-state index contributed by atoms with van der Waals surface area (Å²) >= 11 is 1.53. The van der Waals surface area contributed by atoms with Crippen LogP contribution in [0.15, 0.2) is 67.1 Å². The van der Waals surface area contributed by atoms with Gasteiger partial charge in [0, 0.05) is 62.5 Å². The highest BCUT2D eigenvalue weighted by atomic mass is 32.1. The molecule has 2 aliphatic heterocycles. The van der Waals surface area contributed by atoms with Crippen LogP contribution in [0.25, 0.3) is 32.0 Å². The van der Waals surface area contributed by atoms with Gasteiger partial charge in [0.15, 0.2) is 0 Å². The van der Waals surface area contributed by atoms with E-state index in [4.69, 9.17) is 14.5 Å². The van der Waals surface area contributed by atoms with Gasteiger partial charge in [-0.1, -0.05) is 12.1 Å². The Hall–Kier alpha value is -5.80. The lowest BCUT2D eigenvalue weighted by molar-refractivity contribution is -0.136. The van der Waals surface area contributed by atoms with E-state index in [0.717, 1.165) is 36.9 Å². The first-order valence-electron chi connectivity index (χ1n) is 15.9. The third-order valence-electron chi connectivity index (χ3n) is 8.24. The molecular weight excluding hydrogens is 661 g/mol. The third kappa shape index (κ3) is 6.60. The number of hydrogen-bond donors (Lipinski definition) is 2. The van der Waals surface area contributed by atoms with Crippen LogP contribution in [0.3, 0.4) is 0 Å². The molecule has 50 heavy (non-hydrogen) atoms. The molecule has 3 aromatic heterocycles. The molecule has 0 aliphatic carbocycles. The number of piperidine rings is 1. The first kappa shape index (κ1) is 32.7. The summed E-state index contributed by atoms with van der Waals surface area (Å²) in [4.78, 5) is 71.1. The number of rotatable bonds is 12. The second-order valence-corrected chi connectivity index (χ2v) is 12.8. The first-order chi connectivity index (χ1) is 24.3. The highest BCUT2D eigenvalue weighted by molar-refractivity contribution is 7.21. The molecule has 0 spiro atoms. The highest BCUT2D eigenvalue weighted by Crippen LogP contribution is 2.34. The molecule has 5 heterocycles. The standard InChI is InChI=1S/C35H32N8O6S/c1-42(2)35-38-18-21(19-39-35)20-6-8-26(37-17-20)32-40-24-9-7-22(16-28(24)50-32)49-15-14-48-13-12-36-25-5-3-4-23-30(25)34(47)43(33(23)46)27-10-11-29(44)41-31(27)45/h3-9,16-19,27,36H,10-15H2,1-2H3,(H,41,44,45). The molecule has 5 aromatic rings. The van der Waals surface area contributed by atoms with Crippen LogP contribution in [-0.4, -0.2) is 95.0 Å². The van der Waals surface area contributed by atoms with Crippen molar-refractivity contribution < 1.29 is 28.7 Å². The number of amides is 4. The summed E-state index contributed by atoms with van der Waals surface area (Å²) in [6, 6.07) is 13.6. The van der Waals surface area contributed by atoms with Crippen molar-refractivity contribution >= 4 is 56.8 Å². The van der Waals surface area contributed by atoms with E-state index in [1.54, 1.807) is 36.8 Å². The molecular formula is C35H32N8O6S. The van der Waals surface area contributed by atoms with E-state index in [0.29, 0.717) is 43.8 Å². The van der Waals surface area contributed by atoms with Crippen molar-refractivity contribution in [2.45, 2.75) is 18.9 Å². The van der Waals surface area contributed by atoms with E-state index in [2.05, 4.69) is 25.6 Å². The van der Waals surface area contributed by atoms with Gasteiger partial charge in [-0.15, -0.1) is 11.3 Å². The Bertz CT molecular complexity index is 2100. The normalized spacial score (nSPS) is 15.7. The predicted octanol–water partition coefficient (Wildman–Crippen LogP) is 3.79. The van der Waals surface area contributed by atoms with Crippen molar-refractivity contribution in [3.8, 4) is 27.6 Å². The minimum atomic E-state index is -1.02. The summed E-state index contributed by atoms with van der Waals surface area (Å²) in [5.74, 6) is -0.826. The number of fused-ring (bicyclic) bond motifs is 2. The van der Waals surface area contributed by atoms with E-state index < -0.39 is 29.7 Å². The van der Waals surface area contributed by atoms with Gasteiger partial charge in [0.1, 0.15) is 23.4 Å². The van der Waals surface area contributed by atoms with Gasteiger partial charge >= 0.3 is 0 Å². The second-order valence-electron chi connectivity index (χ2n) is 11.8. The van der Waals surface area contributed by atoms with E-state index in [1.807, 2.05) is 49.3 Å². The number of carbonyl (C=O) groups is 4. The molecule has 2 aliphatic rings. The number of imide groups is 2. The van der Waals surface area contributed by atoms with Crippen LogP contribution in [0.4, 0.5) is 11.6 Å². The Morgan fingerprint density at radius 3 is 2.52 bits per heavy atom. The molecule has 1 unspecified atom stereocenters. The van der Waals surface area contributed by atoms with Gasteiger partial charge in [-0.2, -0.15) is 0 Å². The van der Waals surface area contributed by atoms with Gasteiger partial charge in [-0.3, -0.25) is 34.4 Å². The minimum Gasteiger partial charge on any atom is -0.491 e. The Morgan fingerprint density at radius 1 is 0.940 bits per heavy atom. The molecule has 2 N–H and O–H groups in total. The summed E-state index contributed by atoms with van der Waals surface area (Å²) in [7, 11) is 3.79. The first-order valence-corrected chi connectivity index (χ1v) is 16.7. The number of aromatic nitrogens is 4. The van der Waals surface area contributed by atoms with Gasteiger partial charge in [0.25, 0.3) is 11.8 Å². The topological polar surface area (TPSA) is 169 Å². The Balaban J connectivity index is 0.884. The number of thiazole rings is 1. The molecule has 14 nitrogen and oxygen atoms in total. The Kier molecular flexibility index (Phi) is 9.15. The molecule has 2 aromatic carbocycles. The number of nitrogens with zero attached hydrogens (tertiary/aromatic N) is 6. The molecule has 1 atom stereocenters. The van der Waals surface area contributed by atoms with Crippen LogP contribution in [0.5, 0.6) is 5.75 Å². The average molecular weight is 693 g/mol. The minimum absolute atomic E-state index is 0.0644. The molecule has 0 bridgehead atoms. The lowest BCUT2D eigenvalue weighted by Gasteiger charge is -2.27. The van der Waals surface area contributed by atoms with E-state index in [9.17, 15) is 19.2 Å². The molecule has 0 saturated carbocycles. The molecule has 4 amide bonds. The van der Waals surface area contributed by atoms with Gasteiger partial charge in [-0.25, -0.2) is 15.0 Å². The van der Waals surface area contributed by atoms with Gasteiger partial charge in [-0.05, 0) is 42.8 Å². The molecule has 7 rings (SSSR count). The van der Waals surface area contributed by atoms with Crippen molar-refractivity contribution in [2.24, 2.45) is 0 Å². The van der Waals surface area contributed by atoms with Crippen LogP contribution in [0.1, 0.15) is 33.6 Å². The molecule has 1 saturated heterocycles. The van der Waals surface area contributed by atoms with E-state index in [-0.39, 0.29) is 24.0 Å². The fourth-order valence-corrected chi connectivity index (χ4v) is 6.71. The van der Waals surface area contributed by atoms with Crippen molar-refractivity contribution in [1.82, 2.24) is 30.2 Å². The summed E-state index contributed by atoms with van der Waals surface area (Å²) in [5.41, 5.74) is 4.33.